The Labute approximate surface area is 118 Å². The van der Waals surface area contributed by atoms with Crippen molar-refractivity contribution >= 4 is 45.9 Å². The van der Waals surface area contributed by atoms with Gasteiger partial charge in [-0.1, -0.05) is 11.6 Å². The summed E-state index contributed by atoms with van der Waals surface area (Å²) < 4.78 is 0.864. The van der Waals surface area contributed by atoms with Crippen molar-refractivity contribution in [2.45, 2.75) is 12.8 Å². The summed E-state index contributed by atoms with van der Waals surface area (Å²) in [7, 11) is 0. The van der Waals surface area contributed by atoms with Crippen molar-refractivity contribution in [3.05, 3.63) is 32.4 Å². The van der Waals surface area contributed by atoms with Crippen LogP contribution in [-0.2, 0) is 4.79 Å². The number of hydrogen-bond acceptors (Lipinski definition) is 2. The fourth-order valence-electron chi connectivity index (χ4n) is 1.77. The highest BCUT2D eigenvalue weighted by Crippen LogP contribution is 2.21. The molecule has 0 N–H and O–H groups in total. The normalized spacial score (nSPS) is 16.1. The molecule has 3 nitrogen and oxygen atoms in total. The van der Waals surface area contributed by atoms with E-state index in [-0.39, 0.29) is 11.7 Å². The molecule has 17 heavy (non-hydrogen) atoms. The first kappa shape index (κ1) is 12.8. The summed E-state index contributed by atoms with van der Waals surface area (Å²) in [5.41, 5.74) is 0.633. The quantitative estimate of drug-likeness (QED) is 0.720. The van der Waals surface area contributed by atoms with Crippen LogP contribution in [0.25, 0.3) is 0 Å². The smallest absolute Gasteiger partial charge is 0.253 e. The summed E-state index contributed by atoms with van der Waals surface area (Å²) in [4.78, 5) is 25.0. The summed E-state index contributed by atoms with van der Waals surface area (Å²) in [6.07, 6.45) is 0.937. The molecule has 90 valence electrons. The maximum atomic E-state index is 12.1. The van der Waals surface area contributed by atoms with Crippen LogP contribution in [0.3, 0.4) is 0 Å². The molecule has 0 spiro atoms. The first-order chi connectivity index (χ1) is 8.08. The van der Waals surface area contributed by atoms with E-state index in [9.17, 15) is 9.59 Å². The number of halogens is 2. The van der Waals surface area contributed by atoms with Gasteiger partial charge in [0, 0.05) is 35.1 Å². The second-order valence-electron chi connectivity index (χ2n) is 3.96. The lowest BCUT2D eigenvalue weighted by Crippen LogP contribution is -2.38. The molecule has 1 aliphatic heterocycles. The predicted molar refractivity (Wildman–Crippen MR) is 74.3 cm³/mol. The van der Waals surface area contributed by atoms with Crippen LogP contribution in [0.4, 0.5) is 0 Å². The van der Waals surface area contributed by atoms with E-state index in [0.29, 0.717) is 36.5 Å². The van der Waals surface area contributed by atoms with Gasteiger partial charge in [-0.25, -0.2) is 0 Å². The van der Waals surface area contributed by atoms with Crippen molar-refractivity contribution < 1.29 is 9.59 Å². The highest BCUT2D eigenvalue weighted by Gasteiger charge is 2.22. The van der Waals surface area contributed by atoms with E-state index in [1.54, 1.807) is 23.1 Å². The van der Waals surface area contributed by atoms with E-state index in [4.69, 9.17) is 11.6 Å². The van der Waals surface area contributed by atoms with Crippen LogP contribution in [0, 0.1) is 3.57 Å². The van der Waals surface area contributed by atoms with Crippen molar-refractivity contribution in [3.63, 3.8) is 0 Å². The number of Topliss-reactive ketones (excluding diaryl/α,β-unsaturated/α-hetero) is 1. The Bertz CT molecular complexity index is 466. The van der Waals surface area contributed by atoms with Crippen LogP contribution >= 0.6 is 34.2 Å². The standard InChI is InChI=1S/C12H11ClINO2/c13-10-2-1-8(7-11(10)14)12(17)15-5-3-9(16)4-6-15/h1-2,7H,3-6H2. The Morgan fingerprint density at radius 1 is 1.29 bits per heavy atom. The van der Waals surface area contributed by atoms with Crippen molar-refractivity contribution in [3.8, 4) is 0 Å². The number of carbonyl (C=O) groups excluding carboxylic acids is 2. The molecule has 0 radical (unpaired) electrons. The molecule has 0 saturated carbocycles. The van der Waals surface area contributed by atoms with E-state index in [1.165, 1.54) is 0 Å². The van der Waals surface area contributed by atoms with E-state index >= 15 is 0 Å². The van der Waals surface area contributed by atoms with Gasteiger partial charge in [-0.15, -0.1) is 0 Å². The number of hydrogen-bond donors (Lipinski definition) is 0. The number of benzene rings is 1. The Morgan fingerprint density at radius 3 is 2.53 bits per heavy atom. The largest absolute Gasteiger partial charge is 0.338 e. The van der Waals surface area contributed by atoms with E-state index in [1.807, 2.05) is 0 Å². The van der Waals surface area contributed by atoms with Gasteiger partial charge in [-0.3, -0.25) is 9.59 Å². The Hall–Kier alpha value is -0.620. The SMILES string of the molecule is O=C1CCN(C(=O)c2ccc(Cl)c(I)c2)CC1. The van der Waals surface area contributed by atoms with Gasteiger partial charge < -0.3 is 4.90 Å². The molecule has 2 rings (SSSR count). The van der Waals surface area contributed by atoms with Gasteiger partial charge in [0.2, 0.25) is 0 Å². The zero-order valence-electron chi connectivity index (χ0n) is 9.08. The zero-order chi connectivity index (χ0) is 12.4. The minimum Gasteiger partial charge on any atom is -0.338 e. The number of carbonyl (C=O) groups is 2. The lowest BCUT2D eigenvalue weighted by molar-refractivity contribution is -0.120. The highest BCUT2D eigenvalue weighted by atomic mass is 127. The maximum absolute atomic E-state index is 12.1. The van der Waals surface area contributed by atoms with Gasteiger partial charge in [-0.05, 0) is 40.8 Å². The van der Waals surface area contributed by atoms with Crippen LogP contribution in [0.5, 0.6) is 0 Å². The van der Waals surface area contributed by atoms with Gasteiger partial charge in [0.15, 0.2) is 0 Å². The van der Waals surface area contributed by atoms with Gasteiger partial charge in [0.05, 0.1) is 5.02 Å². The molecule has 0 atom stereocenters. The average Bonchev–Trinajstić information content (AvgIpc) is 2.33. The van der Waals surface area contributed by atoms with Gasteiger partial charge in [0.1, 0.15) is 5.78 Å². The summed E-state index contributed by atoms with van der Waals surface area (Å²) in [5.74, 6) is 0.215. The van der Waals surface area contributed by atoms with E-state index < -0.39 is 0 Å². The first-order valence-corrected chi connectivity index (χ1v) is 6.79. The number of likely N-dealkylation sites (tertiary alicyclic amines) is 1. The van der Waals surface area contributed by atoms with Crippen LogP contribution in [0.15, 0.2) is 18.2 Å². The molecule has 1 fully saturated rings. The van der Waals surface area contributed by atoms with Crippen LogP contribution < -0.4 is 0 Å². The number of rotatable bonds is 1. The minimum absolute atomic E-state index is 0.0212. The van der Waals surface area contributed by atoms with Gasteiger partial charge in [0.25, 0.3) is 5.91 Å². The molecular formula is C12H11ClINO2. The van der Waals surface area contributed by atoms with Crippen molar-refractivity contribution in [2.75, 3.05) is 13.1 Å². The fourth-order valence-corrected chi connectivity index (χ4v) is 2.40. The van der Waals surface area contributed by atoms with Crippen molar-refractivity contribution in [2.24, 2.45) is 0 Å². The second-order valence-corrected chi connectivity index (χ2v) is 5.53. The van der Waals surface area contributed by atoms with Crippen LogP contribution in [0.1, 0.15) is 23.2 Å². The van der Waals surface area contributed by atoms with Gasteiger partial charge >= 0.3 is 0 Å². The number of amides is 1. The summed E-state index contributed by atoms with van der Waals surface area (Å²) in [6.45, 7) is 1.05. The molecule has 1 amide bonds. The van der Waals surface area contributed by atoms with E-state index in [0.717, 1.165) is 3.57 Å². The Morgan fingerprint density at radius 2 is 1.94 bits per heavy atom. The molecular weight excluding hydrogens is 352 g/mol. The van der Waals surface area contributed by atoms with E-state index in [2.05, 4.69) is 22.6 Å². The van der Waals surface area contributed by atoms with Crippen molar-refractivity contribution in [1.29, 1.82) is 0 Å². The Balaban J connectivity index is 2.14. The molecule has 0 aliphatic carbocycles. The molecule has 1 aliphatic rings. The van der Waals surface area contributed by atoms with Crippen LogP contribution in [0.2, 0.25) is 5.02 Å². The molecule has 0 aromatic heterocycles. The molecule has 1 aromatic rings. The average molecular weight is 364 g/mol. The summed E-state index contributed by atoms with van der Waals surface area (Å²) in [5, 5.41) is 0.649. The predicted octanol–water partition coefficient (Wildman–Crippen LogP) is 2.75. The molecule has 0 bridgehead atoms. The molecule has 1 aromatic carbocycles. The second kappa shape index (κ2) is 5.35. The highest BCUT2D eigenvalue weighted by molar-refractivity contribution is 14.1. The lowest BCUT2D eigenvalue weighted by atomic mass is 10.1. The zero-order valence-corrected chi connectivity index (χ0v) is 12.0. The summed E-state index contributed by atoms with van der Waals surface area (Å²) >= 11 is 8.01. The number of ketones is 1. The monoisotopic (exact) mass is 363 g/mol. The third-order valence-corrected chi connectivity index (χ3v) is 4.32. The third kappa shape index (κ3) is 2.98. The van der Waals surface area contributed by atoms with Gasteiger partial charge in [-0.2, -0.15) is 0 Å². The molecule has 1 heterocycles. The molecule has 0 unspecified atom stereocenters. The maximum Gasteiger partial charge on any atom is 0.253 e. The number of piperidine rings is 1. The Kier molecular flexibility index (Phi) is 4.04. The number of nitrogens with zero attached hydrogens (tertiary/aromatic N) is 1. The fraction of sp³-hybridized carbons (Fsp3) is 0.333. The topological polar surface area (TPSA) is 37.4 Å². The first-order valence-electron chi connectivity index (χ1n) is 5.34. The summed E-state index contributed by atoms with van der Waals surface area (Å²) in [6, 6.07) is 5.23. The van der Waals surface area contributed by atoms with Crippen molar-refractivity contribution in [1.82, 2.24) is 4.90 Å². The third-order valence-electron chi connectivity index (χ3n) is 2.77. The lowest BCUT2D eigenvalue weighted by Gasteiger charge is -2.26. The molecule has 1 saturated heterocycles. The minimum atomic E-state index is -0.0212. The molecule has 5 heteroatoms. The van der Waals surface area contributed by atoms with Crippen LogP contribution in [-0.4, -0.2) is 29.7 Å².